The Labute approximate surface area is 249 Å². The van der Waals surface area contributed by atoms with Crippen molar-refractivity contribution in [2.75, 3.05) is 6.54 Å². The number of ether oxygens (including phenoxy) is 3. The molecule has 0 heterocycles. The second kappa shape index (κ2) is 17.5. The lowest BCUT2D eigenvalue weighted by Crippen LogP contribution is -2.53. The van der Waals surface area contributed by atoms with E-state index >= 15 is 0 Å². The van der Waals surface area contributed by atoms with Gasteiger partial charge in [0.05, 0.1) is 0 Å². The molecule has 0 rings (SSSR count). The first-order valence-corrected chi connectivity index (χ1v) is 14.3. The number of hydrogen-bond donors (Lipinski definition) is 4. The smallest absolute Gasteiger partial charge is 0.329 e. The molecule has 0 aliphatic rings. The van der Waals surface area contributed by atoms with Gasteiger partial charge in [-0.2, -0.15) is 0 Å². The van der Waals surface area contributed by atoms with Gasteiger partial charge in [-0.05, 0) is 94.4 Å². The van der Waals surface area contributed by atoms with Crippen LogP contribution in [0, 0.1) is 0 Å². The molecular weight excluding hydrogens is 550 g/mol. The molecule has 0 bridgehead atoms. The number of rotatable bonds is 16. The van der Waals surface area contributed by atoms with Crippen molar-refractivity contribution in [3.05, 3.63) is 0 Å². The van der Waals surface area contributed by atoms with Gasteiger partial charge in [0.1, 0.15) is 28.9 Å². The van der Waals surface area contributed by atoms with Crippen molar-refractivity contribution < 1.29 is 48.1 Å². The number of carboxylic acids is 1. The number of carbonyl (C=O) groups is 6. The normalized spacial score (nSPS) is 13.3. The van der Waals surface area contributed by atoms with Crippen LogP contribution in [0.4, 0.5) is 4.79 Å². The van der Waals surface area contributed by atoms with Crippen LogP contribution in [0.2, 0.25) is 0 Å². The van der Waals surface area contributed by atoms with E-state index in [2.05, 4.69) is 16.0 Å². The molecule has 0 aromatic heterocycles. The number of unbranched alkanes of at least 4 members (excludes halogenated alkanes) is 1. The van der Waals surface area contributed by atoms with Crippen molar-refractivity contribution in [1.29, 1.82) is 0 Å². The highest BCUT2D eigenvalue weighted by atomic mass is 16.6. The minimum Gasteiger partial charge on any atom is -0.481 e. The van der Waals surface area contributed by atoms with E-state index in [-0.39, 0.29) is 44.4 Å². The SMILES string of the molecule is CC(C)(C)OC(=O)CCC(NC(=O)NC(CCCCNC(=O)CCCC(=O)O)C(=O)OC(C)(C)C)C(=O)OC(C)(C)C. The summed E-state index contributed by atoms with van der Waals surface area (Å²) in [6.45, 7) is 15.6. The van der Waals surface area contributed by atoms with Gasteiger partial charge in [-0.1, -0.05) is 0 Å². The average Bonchev–Trinajstić information content (AvgIpc) is 2.77. The number of amides is 3. The second-order valence-corrected chi connectivity index (χ2v) is 13.0. The van der Waals surface area contributed by atoms with Gasteiger partial charge in [-0.15, -0.1) is 0 Å². The van der Waals surface area contributed by atoms with Gasteiger partial charge in [0.25, 0.3) is 0 Å². The lowest BCUT2D eigenvalue weighted by molar-refractivity contribution is -0.159. The third-order valence-corrected chi connectivity index (χ3v) is 5.09. The minimum absolute atomic E-state index is 0.0828. The van der Waals surface area contributed by atoms with Gasteiger partial charge in [-0.3, -0.25) is 14.4 Å². The first kappa shape index (κ1) is 38.6. The van der Waals surface area contributed by atoms with Crippen molar-refractivity contribution in [1.82, 2.24) is 16.0 Å². The summed E-state index contributed by atoms with van der Waals surface area (Å²) < 4.78 is 16.2. The van der Waals surface area contributed by atoms with Crippen LogP contribution >= 0.6 is 0 Å². The highest BCUT2D eigenvalue weighted by molar-refractivity contribution is 5.87. The van der Waals surface area contributed by atoms with Crippen LogP contribution < -0.4 is 16.0 Å². The molecule has 4 N–H and O–H groups in total. The maximum Gasteiger partial charge on any atom is 0.329 e. The molecule has 0 fully saturated rings. The molecule has 13 nitrogen and oxygen atoms in total. The fourth-order valence-electron chi connectivity index (χ4n) is 3.45. The van der Waals surface area contributed by atoms with Gasteiger partial charge < -0.3 is 35.3 Å². The van der Waals surface area contributed by atoms with E-state index in [1.54, 1.807) is 62.3 Å². The van der Waals surface area contributed by atoms with Crippen LogP contribution in [0.25, 0.3) is 0 Å². The molecule has 0 radical (unpaired) electrons. The zero-order valence-electron chi connectivity index (χ0n) is 26.6. The number of carboxylic acid groups (broad SMARTS) is 1. The van der Waals surface area contributed by atoms with Crippen LogP contribution in [0.3, 0.4) is 0 Å². The molecular formula is C29H51N3O10. The largest absolute Gasteiger partial charge is 0.481 e. The molecule has 0 saturated carbocycles. The Kier molecular flexibility index (Phi) is 16.1. The molecule has 0 aliphatic carbocycles. The van der Waals surface area contributed by atoms with Crippen LogP contribution in [-0.2, 0) is 38.2 Å². The summed E-state index contributed by atoms with van der Waals surface area (Å²) in [7, 11) is 0. The number of esters is 3. The number of carbonyl (C=O) groups excluding carboxylic acids is 5. The highest BCUT2D eigenvalue weighted by Crippen LogP contribution is 2.15. The molecule has 0 aliphatic heterocycles. The topological polar surface area (TPSA) is 186 Å². The van der Waals surface area contributed by atoms with Crippen molar-refractivity contribution in [3.8, 4) is 0 Å². The predicted octanol–water partition coefficient (Wildman–Crippen LogP) is 3.37. The molecule has 2 atom stereocenters. The van der Waals surface area contributed by atoms with Gasteiger partial charge in [0.15, 0.2) is 0 Å². The predicted molar refractivity (Wildman–Crippen MR) is 154 cm³/mol. The first-order chi connectivity index (χ1) is 19.1. The van der Waals surface area contributed by atoms with E-state index in [0.717, 1.165) is 0 Å². The summed E-state index contributed by atoms with van der Waals surface area (Å²) in [6.07, 6.45) is 1.13. The Bertz CT molecular complexity index is 929. The number of urea groups is 1. The quantitative estimate of drug-likeness (QED) is 0.116. The summed E-state index contributed by atoms with van der Waals surface area (Å²) in [6, 6.07) is -3.06. The Hall–Kier alpha value is -3.38. The lowest BCUT2D eigenvalue weighted by atomic mass is 10.1. The fourth-order valence-corrected chi connectivity index (χ4v) is 3.45. The summed E-state index contributed by atoms with van der Waals surface area (Å²) >= 11 is 0. The summed E-state index contributed by atoms with van der Waals surface area (Å²) in [5.41, 5.74) is -2.37. The molecule has 0 aromatic carbocycles. The van der Waals surface area contributed by atoms with E-state index in [4.69, 9.17) is 19.3 Å². The molecule has 3 amide bonds. The zero-order chi connectivity index (χ0) is 32.7. The molecule has 2 unspecified atom stereocenters. The average molecular weight is 602 g/mol. The monoisotopic (exact) mass is 601 g/mol. The van der Waals surface area contributed by atoms with Crippen molar-refractivity contribution in [2.45, 2.75) is 143 Å². The van der Waals surface area contributed by atoms with Crippen molar-refractivity contribution in [3.63, 3.8) is 0 Å². The third-order valence-electron chi connectivity index (χ3n) is 5.09. The van der Waals surface area contributed by atoms with Crippen LogP contribution in [-0.4, -0.2) is 76.4 Å². The molecule has 13 heteroatoms. The van der Waals surface area contributed by atoms with E-state index in [0.29, 0.717) is 19.4 Å². The number of hydrogen-bond acceptors (Lipinski definition) is 9. The van der Waals surface area contributed by atoms with E-state index < -0.39 is 58.8 Å². The summed E-state index contributed by atoms with van der Waals surface area (Å²) in [5.74, 6) is -3.18. The van der Waals surface area contributed by atoms with E-state index in [1.807, 2.05) is 0 Å². The lowest BCUT2D eigenvalue weighted by Gasteiger charge is -2.27. The maximum absolute atomic E-state index is 13.0. The fraction of sp³-hybridized carbons (Fsp3) is 0.793. The van der Waals surface area contributed by atoms with Gasteiger partial charge in [0, 0.05) is 25.8 Å². The molecule has 0 aromatic rings. The minimum atomic E-state index is -1.19. The van der Waals surface area contributed by atoms with Gasteiger partial charge in [0.2, 0.25) is 5.91 Å². The summed E-state index contributed by atoms with van der Waals surface area (Å²) in [5, 5.41) is 16.4. The van der Waals surface area contributed by atoms with Crippen LogP contribution in [0.15, 0.2) is 0 Å². The van der Waals surface area contributed by atoms with E-state index in [9.17, 15) is 28.8 Å². The zero-order valence-corrected chi connectivity index (χ0v) is 26.6. The van der Waals surface area contributed by atoms with Crippen LogP contribution in [0.1, 0.15) is 114 Å². The van der Waals surface area contributed by atoms with Gasteiger partial charge in [-0.25, -0.2) is 14.4 Å². The molecule has 0 spiro atoms. The van der Waals surface area contributed by atoms with Crippen molar-refractivity contribution in [2.24, 2.45) is 0 Å². The van der Waals surface area contributed by atoms with Crippen molar-refractivity contribution >= 4 is 35.8 Å². The Morgan fingerprint density at radius 1 is 0.619 bits per heavy atom. The number of aliphatic carboxylic acids is 1. The molecule has 242 valence electrons. The van der Waals surface area contributed by atoms with Crippen LogP contribution in [0.5, 0.6) is 0 Å². The Morgan fingerprint density at radius 2 is 1.10 bits per heavy atom. The first-order valence-electron chi connectivity index (χ1n) is 14.3. The second-order valence-electron chi connectivity index (χ2n) is 13.0. The Morgan fingerprint density at radius 3 is 1.55 bits per heavy atom. The molecule has 0 saturated heterocycles. The Balaban J connectivity index is 5.29. The van der Waals surface area contributed by atoms with Gasteiger partial charge >= 0.3 is 29.9 Å². The maximum atomic E-state index is 13.0. The summed E-state index contributed by atoms with van der Waals surface area (Å²) in [4.78, 5) is 73.3. The number of nitrogens with one attached hydrogen (secondary N) is 3. The van der Waals surface area contributed by atoms with E-state index in [1.165, 1.54) is 0 Å². The standard InChI is InChI=1S/C29H51N3O10/c1-27(2,3)40-23(36)17-16-20(25(38)42-29(7,8)9)32-26(39)31-19(24(37)41-28(4,5)6)13-10-11-18-30-21(33)14-12-15-22(34)35/h19-20H,10-18H2,1-9H3,(H,30,33)(H,34,35)(H2,31,32,39). The molecule has 42 heavy (non-hydrogen) atoms. The highest BCUT2D eigenvalue weighted by Gasteiger charge is 2.31. The third kappa shape index (κ3) is 21.4.